The Kier molecular flexibility index (Phi) is 4.13. The van der Waals surface area contributed by atoms with Gasteiger partial charge < -0.3 is 15.0 Å². The minimum atomic E-state index is -0.712. The van der Waals surface area contributed by atoms with Crippen LogP contribution in [0.5, 0.6) is 0 Å². The quantitative estimate of drug-likeness (QED) is 0.729. The molecule has 0 aromatic heterocycles. The van der Waals surface area contributed by atoms with E-state index in [2.05, 4.69) is 5.32 Å². The van der Waals surface area contributed by atoms with Crippen molar-refractivity contribution in [2.24, 2.45) is 5.92 Å². The van der Waals surface area contributed by atoms with Crippen LogP contribution in [0.3, 0.4) is 0 Å². The highest BCUT2D eigenvalue weighted by Gasteiger charge is 2.51. The van der Waals surface area contributed by atoms with Gasteiger partial charge in [-0.2, -0.15) is 0 Å². The molecule has 2 fully saturated rings. The monoisotopic (exact) mass is 268 g/mol. The summed E-state index contributed by atoms with van der Waals surface area (Å²) in [7, 11) is 1.65. The van der Waals surface area contributed by atoms with E-state index in [1.165, 1.54) is 0 Å². The summed E-state index contributed by atoms with van der Waals surface area (Å²) in [5.41, 5.74) is -0.712. The molecule has 1 saturated carbocycles. The summed E-state index contributed by atoms with van der Waals surface area (Å²) in [6, 6.07) is -0.297. The average molecular weight is 268 g/mol. The first-order valence-corrected chi connectivity index (χ1v) is 7.16. The molecule has 0 bridgehead atoms. The van der Waals surface area contributed by atoms with Crippen LogP contribution < -0.4 is 5.32 Å². The van der Waals surface area contributed by atoms with Crippen LogP contribution in [0.2, 0.25) is 0 Å². The number of carbonyl (C=O) groups excluding carboxylic acids is 2. The molecule has 0 aromatic rings. The van der Waals surface area contributed by atoms with E-state index in [1.807, 2.05) is 13.8 Å². The van der Waals surface area contributed by atoms with Crippen LogP contribution in [0.1, 0.15) is 39.5 Å². The van der Waals surface area contributed by atoms with E-state index in [0.717, 1.165) is 19.3 Å². The number of nitrogens with one attached hydrogen (secondary N) is 1. The molecule has 0 aromatic carbocycles. The van der Waals surface area contributed by atoms with Crippen LogP contribution >= 0.6 is 0 Å². The van der Waals surface area contributed by atoms with Gasteiger partial charge in [-0.15, -0.1) is 0 Å². The van der Waals surface area contributed by atoms with Crippen LogP contribution in [-0.2, 0) is 14.3 Å². The van der Waals surface area contributed by atoms with E-state index < -0.39 is 5.54 Å². The van der Waals surface area contributed by atoms with Gasteiger partial charge in [0.2, 0.25) is 11.8 Å². The molecule has 1 aliphatic heterocycles. The summed E-state index contributed by atoms with van der Waals surface area (Å²) in [4.78, 5) is 26.7. The molecule has 2 aliphatic rings. The molecular weight excluding hydrogens is 244 g/mol. The van der Waals surface area contributed by atoms with Gasteiger partial charge in [-0.3, -0.25) is 9.59 Å². The molecule has 1 aliphatic carbocycles. The summed E-state index contributed by atoms with van der Waals surface area (Å²) >= 11 is 0. The van der Waals surface area contributed by atoms with Gasteiger partial charge in [-0.25, -0.2) is 0 Å². The Morgan fingerprint density at radius 2 is 2.11 bits per heavy atom. The molecule has 5 nitrogen and oxygen atoms in total. The Hall–Kier alpha value is -1.10. The first-order chi connectivity index (χ1) is 9.04. The second kappa shape index (κ2) is 5.49. The van der Waals surface area contributed by atoms with Crippen molar-refractivity contribution >= 4 is 11.8 Å². The lowest BCUT2D eigenvalue weighted by Crippen LogP contribution is -2.69. The van der Waals surface area contributed by atoms with E-state index in [1.54, 1.807) is 12.0 Å². The largest absolute Gasteiger partial charge is 0.385 e. The number of methoxy groups -OCH3 is 1. The lowest BCUT2D eigenvalue weighted by atomic mass is 9.89. The maximum absolute atomic E-state index is 12.6. The topological polar surface area (TPSA) is 58.6 Å². The van der Waals surface area contributed by atoms with Crippen molar-refractivity contribution < 1.29 is 14.3 Å². The van der Waals surface area contributed by atoms with Crippen LogP contribution in [-0.4, -0.2) is 48.6 Å². The summed E-state index contributed by atoms with van der Waals surface area (Å²) in [6.45, 7) is 5.01. The third-order valence-electron chi connectivity index (χ3n) is 4.42. The Labute approximate surface area is 114 Å². The van der Waals surface area contributed by atoms with Crippen molar-refractivity contribution in [1.82, 2.24) is 10.2 Å². The molecule has 2 unspecified atom stereocenters. The second-order valence-electron chi connectivity index (χ2n) is 5.75. The van der Waals surface area contributed by atoms with Gasteiger partial charge in [0.1, 0.15) is 11.6 Å². The fourth-order valence-corrected chi connectivity index (χ4v) is 2.72. The number of nitrogens with zero attached hydrogens (tertiary/aromatic N) is 1. The number of amides is 2. The van der Waals surface area contributed by atoms with Crippen LogP contribution in [0.15, 0.2) is 0 Å². The van der Waals surface area contributed by atoms with Crippen molar-refractivity contribution in [2.75, 3.05) is 20.3 Å². The first-order valence-electron chi connectivity index (χ1n) is 7.16. The summed E-state index contributed by atoms with van der Waals surface area (Å²) < 4.78 is 5.04. The summed E-state index contributed by atoms with van der Waals surface area (Å²) in [6.07, 6.45) is 3.49. The highest BCUT2D eigenvalue weighted by Crippen LogP contribution is 2.37. The van der Waals surface area contributed by atoms with Crippen molar-refractivity contribution in [3.05, 3.63) is 0 Å². The molecule has 1 heterocycles. The zero-order valence-corrected chi connectivity index (χ0v) is 12.1. The number of hydrogen-bond donors (Lipinski definition) is 1. The highest BCUT2D eigenvalue weighted by atomic mass is 16.5. The normalized spacial score (nSPS) is 31.5. The Morgan fingerprint density at radius 1 is 1.42 bits per heavy atom. The zero-order chi connectivity index (χ0) is 14.0. The predicted molar refractivity (Wildman–Crippen MR) is 71.6 cm³/mol. The van der Waals surface area contributed by atoms with Gasteiger partial charge in [0, 0.05) is 20.3 Å². The van der Waals surface area contributed by atoms with Gasteiger partial charge in [0.25, 0.3) is 0 Å². The van der Waals surface area contributed by atoms with E-state index in [-0.39, 0.29) is 17.9 Å². The van der Waals surface area contributed by atoms with E-state index >= 15 is 0 Å². The van der Waals surface area contributed by atoms with Crippen molar-refractivity contribution in [3.8, 4) is 0 Å². The smallest absolute Gasteiger partial charge is 0.246 e. The Bertz CT molecular complexity index is 368. The van der Waals surface area contributed by atoms with Crippen LogP contribution in [0.25, 0.3) is 0 Å². The molecular formula is C14H24N2O3. The van der Waals surface area contributed by atoms with Crippen molar-refractivity contribution in [1.29, 1.82) is 0 Å². The lowest BCUT2D eigenvalue weighted by Gasteiger charge is -2.46. The van der Waals surface area contributed by atoms with E-state index in [0.29, 0.717) is 25.5 Å². The molecule has 19 heavy (non-hydrogen) atoms. The number of ether oxygens (including phenoxy) is 1. The lowest BCUT2D eigenvalue weighted by molar-refractivity contribution is -0.157. The molecule has 2 rings (SSSR count). The number of hydrogen-bond acceptors (Lipinski definition) is 3. The predicted octanol–water partition coefficient (Wildman–Crippen LogP) is 0.929. The first kappa shape index (κ1) is 14.3. The molecule has 108 valence electrons. The minimum absolute atomic E-state index is 0.0103. The van der Waals surface area contributed by atoms with Crippen LogP contribution in [0, 0.1) is 5.92 Å². The highest BCUT2D eigenvalue weighted by molar-refractivity contribution is 5.99. The third-order valence-corrected chi connectivity index (χ3v) is 4.42. The maximum Gasteiger partial charge on any atom is 0.246 e. The molecule has 1 N–H and O–H groups in total. The molecule has 2 amide bonds. The Balaban J connectivity index is 2.14. The molecule has 2 atom stereocenters. The fraction of sp³-hybridized carbons (Fsp3) is 0.857. The molecule has 1 saturated heterocycles. The van der Waals surface area contributed by atoms with Gasteiger partial charge in [0.15, 0.2) is 0 Å². The number of carbonyl (C=O) groups is 2. The fourth-order valence-electron chi connectivity index (χ4n) is 2.72. The molecule has 5 heteroatoms. The standard InChI is InChI=1S/C14H24N2O3/c1-4-14(2)13(18)15-11(10-6-7-10)12(17)16(14)8-5-9-19-3/h10-11H,4-9H2,1-3H3,(H,15,18). The van der Waals surface area contributed by atoms with Crippen LogP contribution in [0.4, 0.5) is 0 Å². The van der Waals surface area contributed by atoms with E-state index in [9.17, 15) is 9.59 Å². The van der Waals surface area contributed by atoms with Gasteiger partial charge in [-0.05, 0) is 38.5 Å². The SMILES string of the molecule is CCC1(C)C(=O)NC(C2CC2)C(=O)N1CCCOC. The third kappa shape index (κ3) is 2.61. The number of rotatable bonds is 6. The molecule has 0 spiro atoms. The maximum atomic E-state index is 12.6. The van der Waals surface area contributed by atoms with Crippen molar-refractivity contribution in [3.63, 3.8) is 0 Å². The van der Waals surface area contributed by atoms with Gasteiger partial charge in [0.05, 0.1) is 0 Å². The summed E-state index contributed by atoms with van der Waals surface area (Å²) in [5, 5.41) is 2.93. The second-order valence-corrected chi connectivity index (χ2v) is 5.75. The van der Waals surface area contributed by atoms with Gasteiger partial charge >= 0.3 is 0 Å². The number of piperazine rings is 1. The van der Waals surface area contributed by atoms with Crippen molar-refractivity contribution in [2.45, 2.75) is 51.1 Å². The zero-order valence-electron chi connectivity index (χ0n) is 12.1. The average Bonchev–Trinajstić information content (AvgIpc) is 3.22. The minimum Gasteiger partial charge on any atom is -0.385 e. The Morgan fingerprint density at radius 3 is 2.63 bits per heavy atom. The van der Waals surface area contributed by atoms with Gasteiger partial charge in [-0.1, -0.05) is 6.92 Å². The molecule has 0 radical (unpaired) electrons. The van der Waals surface area contributed by atoms with E-state index in [4.69, 9.17) is 4.74 Å². The summed E-state index contributed by atoms with van der Waals surface area (Å²) in [5.74, 6) is 0.425.